The van der Waals surface area contributed by atoms with Crippen LogP contribution < -0.4 is 4.72 Å². The molecule has 0 radical (unpaired) electrons. The second kappa shape index (κ2) is 18.6. The van der Waals surface area contributed by atoms with Crippen LogP contribution in [-0.2, 0) is 26.0 Å². The third-order valence-electron chi connectivity index (χ3n) is 5.65. The molecule has 0 bridgehead atoms. The number of ketones is 1. The van der Waals surface area contributed by atoms with E-state index in [4.69, 9.17) is 0 Å². The SMILES string of the molecule is CC(=O)CCCS(=O)(=O)NC(=O)CCCCCCCCCCCCCCCCc1nn[nH]n1. The van der Waals surface area contributed by atoms with E-state index in [1.54, 1.807) is 0 Å². The maximum Gasteiger partial charge on any atom is 0.234 e. The number of unbranched alkanes of at least 4 members (excludes halogenated alkanes) is 13. The molecule has 0 saturated heterocycles. The number of hydrogen-bond donors (Lipinski definition) is 2. The highest BCUT2D eigenvalue weighted by Gasteiger charge is 2.14. The minimum absolute atomic E-state index is 0.0445. The molecule has 0 atom stereocenters. The number of H-pyrrole nitrogens is 1. The Labute approximate surface area is 199 Å². The summed E-state index contributed by atoms with van der Waals surface area (Å²) in [6.45, 7) is 1.43. The van der Waals surface area contributed by atoms with Crippen molar-refractivity contribution in [1.29, 1.82) is 0 Å². The van der Waals surface area contributed by atoms with Gasteiger partial charge in [0.05, 0.1) is 5.75 Å². The number of nitrogens with one attached hydrogen (secondary N) is 2. The molecule has 1 rings (SSSR count). The van der Waals surface area contributed by atoms with Crippen LogP contribution in [0.15, 0.2) is 0 Å². The third-order valence-corrected chi connectivity index (χ3v) is 7.02. The summed E-state index contributed by atoms with van der Waals surface area (Å²) in [7, 11) is -3.62. The molecule has 0 aliphatic heterocycles. The largest absolute Gasteiger partial charge is 0.300 e. The van der Waals surface area contributed by atoms with Gasteiger partial charge in [0, 0.05) is 19.3 Å². The first-order valence-electron chi connectivity index (χ1n) is 12.6. The van der Waals surface area contributed by atoms with Crippen molar-refractivity contribution in [2.45, 2.75) is 122 Å². The third kappa shape index (κ3) is 18.3. The molecule has 0 spiro atoms. The number of aromatic nitrogens is 4. The Morgan fingerprint density at radius 1 is 0.758 bits per heavy atom. The number of amides is 1. The summed E-state index contributed by atoms with van der Waals surface area (Å²) in [5, 5.41) is 14.0. The number of rotatable bonds is 22. The van der Waals surface area contributed by atoms with Gasteiger partial charge in [0.2, 0.25) is 15.9 Å². The zero-order valence-corrected chi connectivity index (χ0v) is 21.1. The molecular formula is C23H43N5O4S. The lowest BCUT2D eigenvalue weighted by Crippen LogP contribution is -2.32. The molecule has 0 saturated carbocycles. The number of aryl methyl sites for hydroxylation is 1. The van der Waals surface area contributed by atoms with Crippen LogP contribution in [0.1, 0.15) is 122 Å². The van der Waals surface area contributed by atoms with Gasteiger partial charge in [-0.15, -0.1) is 10.2 Å². The van der Waals surface area contributed by atoms with E-state index in [1.807, 2.05) is 0 Å². The second-order valence-corrected chi connectivity index (χ2v) is 10.8. The summed E-state index contributed by atoms with van der Waals surface area (Å²) in [4.78, 5) is 22.6. The van der Waals surface area contributed by atoms with E-state index in [1.165, 1.54) is 71.1 Å². The van der Waals surface area contributed by atoms with Crippen molar-refractivity contribution in [3.8, 4) is 0 Å². The predicted octanol–water partition coefficient (Wildman–Crippen LogP) is 4.41. The Morgan fingerprint density at radius 2 is 1.27 bits per heavy atom. The number of aromatic amines is 1. The zero-order chi connectivity index (χ0) is 24.2. The number of sulfonamides is 1. The molecule has 2 N–H and O–H groups in total. The quantitative estimate of drug-likeness (QED) is 0.232. The van der Waals surface area contributed by atoms with Crippen molar-refractivity contribution >= 4 is 21.7 Å². The summed E-state index contributed by atoms with van der Waals surface area (Å²) >= 11 is 0. The van der Waals surface area contributed by atoms with Gasteiger partial charge in [0.1, 0.15) is 5.78 Å². The van der Waals surface area contributed by atoms with Crippen LogP contribution >= 0.6 is 0 Å². The first kappa shape index (κ1) is 29.2. The molecule has 0 aliphatic rings. The van der Waals surface area contributed by atoms with E-state index in [2.05, 4.69) is 25.3 Å². The first-order valence-corrected chi connectivity index (χ1v) is 14.3. The highest BCUT2D eigenvalue weighted by atomic mass is 32.2. The monoisotopic (exact) mass is 485 g/mol. The molecular weight excluding hydrogens is 442 g/mol. The Bertz CT molecular complexity index is 738. The molecule has 33 heavy (non-hydrogen) atoms. The van der Waals surface area contributed by atoms with Crippen LogP contribution in [0.2, 0.25) is 0 Å². The van der Waals surface area contributed by atoms with E-state index in [0.717, 1.165) is 31.5 Å². The van der Waals surface area contributed by atoms with Crippen LogP contribution in [0, 0.1) is 0 Å². The van der Waals surface area contributed by atoms with Crippen LogP contribution in [0.4, 0.5) is 0 Å². The van der Waals surface area contributed by atoms with Gasteiger partial charge in [-0.05, 0) is 26.2 Å². The lowest BCUT2D eigenvalue weighted by atomic mass is 10.0. The summed E-state index contributed by atoms with van der Waals surface area (Å²) < 4.78 is 25.6. The lowest BCUT2D eigenvalue weighted by molar-refractivity contribution is -0.119. The summed E-state index contributed by atoms with van der Waals surface area (Å²) in [6, 6.07) is 0. The number of Topliss-reactive ketones (excluding diaryl/α,β-unsaturated/α-hetero) is 1. The number of tetrazole rings is 1. The molecule has 0 fully saturated rings. The van der Waals surface area contributed by atoms with E-state index in [9.17, 15) is 18.0 Å². The van der Waals surface area contributed by atoms with E-state index < -0.39 is 15.9 Å². The average Bonchev–Trinajstić information content (AvgIpc) is 3.26. The maximum absolute atomic E-state index is 11.8. The normalized spacial score (nSPS) is 11.5. The highest BCUT2D eigenvalue weighted by molar-refractivity contribution is 7.90. The fourth-order valence-corrected chi connectivity index (χ4v) is 4.84. The van der Waals surface area contributed by atoms with Gasteiger partial charge >= 0.3 is 0 Å². The molecule has 0 aliphatic carbocycles. The number of carbonyl (C=O) groups excluding carboxylic acids is 2. The van der Waals surface area contributed by atoms with Crippen LogP contribution in [0.3, 0.4) is 0 Å². The Kier molecular flexibility index (Phi) is 16.4. The minimum Gasteiger partial charge on any atom is -0.300 e. The van der Waals surface area contributed by atoms with Crippen molar-refractivity contribution in [3.63, 3.8) is 0 Å². The van der Waals surface area contributed by atoms with Crippen molar-refractivity contribution in [1.82, 2.24) is 25.3 Å². The predicted molar refractivity (Wildman–Crippen MR) is 129 cm³/mol. The fraction of sp³-hybridized carbons (Fsp3) is 0.870. The lowest BCUT2D eigenvalue weighted by Gasteiger charge is -2.06. The molecule has 0 unspecified atom stereocenters. The zero-order valence-electron chi connectivity index (χ0n) is 20.3. The van der Waals surface area contributed by atoms with Gasteiger partial charge in [-0.1, -0.05) is 82.3 Å². The van der Waals surface area contributed by atoms with Crippen molar-refractivity contribution in [2.24, 2.45) is 0 Å². The standard InChI is InChI=1S/C23H43N5O4S/c1-21(29)17-16-20-33(31,32)26-23(30)19-15-13-11-9-7-5-3-2-4-6-8-10-12-14-18-22-24-27-28-25-22/h2-20H2,1H3,(H,26,30)(H,24,25,27,28). The molecule has 1 amide bonds. The summed E-state index contributed by atoms with van der Waals surface area (Å²) in [6.07, 6.45) is 18.2. The smallest absolute Gasteiger partial charge is 0.234 e. The van der Waals surface area contributed by atoms with Crippen molar-refractivity contribution in [3.05, 3.63) is 5.82 Å². The molecule has 190 valence electrons. The van der Waals surface area contributed by atoms with Gasteiger partial charge in [0.15, 0.2) is 5.82 Å². The van der Waals surface area contributed by atoms with Crippen LogP contribution in [-0.4, -0.2) is 46.5 Å². The van der Waals surface area contributed by atoms with Gasteiger partial charge in [-0.25, -0.2) is 8.42 Å². The van der Waals surface area contributed by atoms with Gasteiger partial charge in [-0.2, -0.15) is 5.21 Å². The maximum atomic E-state index is 11.8. The fourth-order valence-electron chi connectivity index (χ4n) is 3.77. The summed E-state index contributed by atoms with van der Waals surface area (Å²) in [5.74, 6) is 0.146. The number of nitrogens with zero attached hydrogens (tertiary/aromatic N) is 3. The average molecular weight is 486 g/mol. The molecule has 1 aromatic heterocycles. The molecule has 1 aromatic rings. The van der Waals surface area contributed by atoms with E-state index >= 15 is 0 Å². The molecule has 0 aromatic carbocycles. The van der Waals surface area contributed by atoms with Crippen LogP contribution in [0.5, 0.6) is 0 Å². The summed E-state index contributed by atoms with van der Waals surface area (Å²) in [5.41, 5.74) is 0. The number of carbonyl (C=O) groups is 2. The Morgan fingerprint density at radius 3 is 1.76 bits per heavy atom. The van der Waals surface area contributed by atoms with Crippen molar-refractivity contribution < 1.29 is 18.0 Å². The Balaban J connectivity index is 1.80. The topological polar surface area (TPSA) is 135 Å². The van der Waals surface area contributed by atoms with Crippen molar-refractivity contribution in [2.75, 3.05) is 5.75 Å². The van der Waals surface area contributed by atoms with Gasteiger partial charge in [-0.3, -0.25) is 9.52 Å². The van der Waals surface area contributed by atoms with E-state index in [0.29, 0.717) is 6.42 Å². The second-order valence-electron chi connectivity index (χ2n) is 8.93. The minimum atomic E-state index is -3.62. The Hall–Kier alpha value is -1.84. The van der Waals surface area contributed by atoms with E-state index in [-0.39, 0.29) is 30.8 Å². The highest BCUT2D eigenvalue weighted by Crippen LogP contribution is 2.14. The number of hydrogen-bond acceptors (Lipinski definition) is 7. The first-order chi connectivity index (χ1) is 15.9. The van der Waals surface area contributed by atoms with Gasteiger partial charge < -0.3 is 4.79 Å². The molecule has 1 heterocycles. The molecule has 10 heteroatoms. The van der Waals surface area contributed by atoms with Gasteiger partial charge in [0.25, 0.3) is 0 Å². The molecule has 9 nitrogen and oxygen atoms in total. The van der Waals surface area contributed by atoms with Crippen LogP contribution in [0.25, 0.3) is 0 Å².